The maximum atomic E-state index is 11.6. The predicted octanol–water partition coefficient (Wildman–Crippen LogP) is 0.217. The average Bonchev–Trinajstić information content (AvgIpc) is 3.15. The van der Waals surface area contributed by atoms with Crippen LogP contribution in [0.1, 0.15) is 19.3 Å². The quantitative estimate of drug-likeness (QED) is 0.379. The van der Waals surface area contributed by atoms with E-state index < -0.39 is 6.10 Å². The van der Waals surface area contributed by atoms with Crippen LogP contribution in [0.2, 0.25) is 0 Å². The molecule has 0 amide bonds. The Labute approximate surface area is 94.7 Å². The summed E-state index contributed by atoms with van der Waals surface area (Å²) in [5.41, 5.74) is -0.138. The molecule has 5 atom stereocenters. The molecule has 2 aliphatic carbocycles. The highest BCUT2D eigenvalue weighted by atomic mass is 16.5. The molecule has 1 aliphatic heterocycles. The Balaban J connectivity index is 1.81. The third-order valence-corrected chi connectivity index (χ3v) is 4.27. The number of ether oxygens (including phenoxy) is 1. The number of aliphatic hydroxyl groups is 1. The second-order valence-electron chi connectivity index (χ2n) is 5.01. The van der Waals surface area contributed by atoms with Gasteiger partial charge in [-0.1, -0.05) is 12.2 Å². The first kappa shape index (κ1) is 10.3. The molecule has 4 heteroatoms. The smallest absolute Gasteiger partial charge is 0.310 e. The van der Waals surface area contributed by atoms with Crippen LogP contribution in [0, 0.1) is 11.8 Å². The molecule has 0 aromatic heterocycles. The number of aliphatic hydroxyl groups excluding tert-OH is 1. The molecule has 1 spiro atoms. The Morgan fingerprint density at radius 3 is 3.19 bits per heavy atom. The Bertz CT molecular complexity index is 354. The molecule has 1 saturated heterocycles. The van der Waals surface area contributed by atoms with Gasteiger partial charge in [-0.3, -0.25) is 4.79 Å². The Morgan fingerprint density at radius 2 is 2.44 bits per heavy atom. The molecule has 88 valence electrons. The van der Waals surface area contributed by atoms with Crippen molar-refractivity contribution in [3.63, 3.8) is 0 Å². The van der Waals surface area contributed by atoms with Crippen molar-refractivity contribution in [3.8, 4) is 0 Å². The van der Waals surface area contributed by atoms with E-state index in [1.54, 1.807) is 0 Å². The first-order valence-corrected chi connectivity index (χ1v) is 5.92. The number of allylic oxidation sites excluding steroid dienone is 1. The lowest BCUT2D eigenvalue weighted by Crippen LogP contribution is -2.17. The summed E-state index contributed by atoms with van der Waals surface area (Å²) in [6.07, 6.45) is 6.54. The monoisotopic (exact) mass is 223 g/mol. The van der Waals surface area contributed by atoms with E-state index >= 15 is 0 Å². The van der Waals surface area contributed by atoms with Crippen molar-refractivity contribution in [2.75, 3.05) is 7.11 Å². The van der Waals surface area contributed by atoms with Gasteiger partial charge in [0.2, 0.25) is 0 Å². The summed E-state index contributed by atoms with van der Waals surface area (Å²) in [7, 11) is 1.44. The van der Waals surface area contributed by atoms with Crippen LogP contribution < -0.4 is 5.32 Å². The molecule has 4 nitrogen and oxygen atoms in total. The highest BCUT2D eigenvalue weighted by Gasteiger charge is 2.81. The third-order valence-electron chi connectivity index (χ3n) is 4.27. The van der Waals surface area contributed by atoms with E-state index in [0.29, 0.717) is 5.92 Å². The summed E-state index contributed by atoms with van der Waals surface area (Å²) >= 11 is 0. The lowest BCUT2D eigenvalue weighted by molar-refractivity contribution is -0.142. The number of rotatable bonds is 1. The fraction of sp³-hybridized carbons (Fsp3) is 0.750. The first-order valence-electron chi connectivity index (χ1n) is 5.92. The van der Waals surface area contributed by atoms with Crippen LogP contribution in [0.25, 0.3) is 0 Å². The molecule has 0 bridgehead atoms. The Morgan fingerprint density at radius 1 is 1.62 bits per heavy atom. The van der Waals surface area contributed by atoms with E-state index in [9.17, 15) is 9.90 Å². The molecule has 3 aliphatic rings. The van der Waals surface area contributed by atoms with E-state index in [1.165, 1.54) is 7.11 Å². The Hall–Kier alpha value is -0.870. The molecule has 16 heavy (non-hydrogen) atoms. The van der Waals surface area contributed by atoms with Gasteiger partial charge in [0, 0.05) is 0 Å². The summed E-state index contributed by atoms with van der Waals surface area (Å²) < 4.78 is 4.83. The van der Waals surface area contributed by atoms with Gasteiger partial charge in [0.05, 0.1) is 30.7 Å². The van der Waals surface area contributed by atoms with Crippen molar-refractivity contribution >= 4 is 5.97 Å². The van der Waals surface area contributed by atoms with Gasteiger partial charge in [-0.2, -0.15) is 0 Å². The van der Waals surface area contributed by atoms with E-state index in [2.05, 4.69) is 5.32 Å². The minimum Gasteiger partial charge on any atom is -0.469 e. The lowest BCUT2D eigenvalue weighted by Gasteiger charge is -2.01. The number of carbonyl (C=O) groups excluding carboxylic acids is 1. The number of nitrogens with one attached hydrogen (secondary N) is 1. The number of hydrogen-bond donors (Lipinski definition) is 2. The van der Waals surface area contributed by atoms with Gasteiger partial charge in [-0.25, -0.2) is 0 Å². The summed E-state index contributed by atoms with van der Waals surface area (Å²) in [6, 6.07) is 0.0518. The van der Waals surface area contributed by atoms with Crippen LogP contribution >= 0.6 is 0 Å². The highest BCUT2D eigenvalue weighted by Crippen LogP contribution is 2.64. The zero-order valence-electron chi connectivity index (χ0n) is 9.35. The molecular formula is C12H17NO3. The summed E-state index contributed by atoms with van der Waals surface area (Å²) in [5, 5.41) is 13.2. The van der Waals surface area contributed by atoms with Crippen LogP contribution in [-0.2, 0) is 9.53 Å². The molecule has 0 radical (unpaired) electrons. The molecular weight excluding hydrogens is 206 g/mol. The predicted molar refractivity (Wildman–Crippen MR) is 57.6 cm³/mol. The maximum Gasteiger partial charge on any atom is 0.310 e. The number of esters is 1. The summed E-state index contributed by atoms with van der Waals surface area (Å²) in [6.45, 7) is 0. The normalized spacial score (nSPS) is 51.1. The highest BCUT2D eigenvalue weighted by molar-refractivity contribution is 5.81. The largest absolute Gasteiger partial charge is 0.469 e. The lowest BCUT2D eigenvalue weighted by atomic mass is 10.1. The van der Waals surface area contributed by atoms with E-state index in [4.69, 9.17) is 4.74 Å². The van der Waals surface area contributed by atoms with E-state index in [-0.39, 0.29) is 23.5 Å². The van der Waals surface area contributed by atoms with E-state index in [1.807, 2.05) is 12.2 Å². The second kappa shape index (κ2) is 3.31. The minimum absolute atomic E-state index is 0.0383. The van der Waals surface area contributed by atoms with Gasteiger partial charge >= 0.3 is 5.97 Å². The average molecular weight is 223 g/mol. The van der Waals surface area contributed by atoms with Crippen molar-refractivity contribution < 1.29 is 14.6 Å². The zero-order chi connectivity index (χ0) is 11.3. The van der Waals surface area contributed by atoms with E-state index in [0.717, 1.165) is 19.3 Å². The van der Waals surface area contributed by atoms with Crippen LogP contribution in [-0.4, -0.2) is 35.9 Å². The topological polar surface area (TPSA) is 68.5 Å². The van der Waals surface area contributed by atoms with Crippen molar-refractivity contribution in [2.24, 2.45) is 11.8 Å². The third kappa shape index (κ3) is 1.20. The van der Waals surface area contributed by atoms with Crippen molar-refractivity contribution in [1.29, 1.82) is 0 Å². The zero-order valence-corrected chi connectivity index (χ0v) is 9.35. The first-order chi connectivity index (χ1) is 7.71. The fourth-order valence-electron chi connectivity index (χ4n) is 3.39. The molecule has 1 unspecified atom stereocenters. The fourth-order valence-corrected chi connectivity index (χ4v) is 3.39. The van der Waals surface area contributed by atoms with Gasteiger partial charge in [0.15, 0.2) is 0 Å². The molecule has 2 fully saturated rings. The van der Waals surface area contributed by atoms with Crippen LogP contribution in [0.15, 0.2) is 12.2 Å². The summed E-state index contributed by atoms with van der Waals surface area (Å²) in [5.74, 6) is 0.194. The molecule has 1 heterocycles. The van der Waals surface area contributed by atoms with Crippen LogP contribution in [0.3, 0.4) is 0 Å². The molecule has 0 aromatic rings. The summed E-state index contributed by atoms with van der Waals surface area (Å²) in [4.78, 5) is 11.6. The van der Waals surface area contributed by atoms with Crippen molar-refractivity contribution in [3.05, 3.63) is 12.2 Å². The van der Waals surface area contributed by atoms with Crippen LogP contribution in [0.4, 0.5) is 0 Å². The number of methoxy groups -OCH3 is 1. The van der Waals surface area contributed by atoms with Gasteiger partial charge in [-0.15, -0.1) is 0 Å². The molecule has 0 aromatic carbocycles. The van der Waals surface area contributed by atoms with Gasteiger partial charge in [-0.05, 0) is 25.2 Å². The van der Waals surface area contributed by atoms with Crippen LogP contribution in [0.5, 0.6) is 0 Å². The molecule has 2 N–H and O–H groups in total. The molecule has 3 rings (SSSR count). The number of hydrogen-bond acceptors (Lipinski definition) is 4. The standard InChI is InChI=1S/C12H17NO3/c1-16-11(15)9-7-5-3-2-4-6-8(14)10-12(7,9)13-10/h4,6-10,13-14H,2-3,5H2,1H3/b6-4-/t7-,8-,9-,10?,12+/m1/s1. The van der Waals surface area contributed by atoms with Gasteiger partial charge in [0.25, 0.3) is 0 Å². The maximum absolute atomic E-state index is 11.6. The minimum atomic E-state index is -0.463. The molecule has 1 saturated carbocycles. The van der Waals surface area contributed by atoms with Crippen molar-refractivity contribution in [2.45, 2.75) is 36.9 Å². The van der Waals surface area contributed by atoms with Crippen molar-refractivity contribution in [1.82, 2.24) is 5.32 Å². The van der Waals surface area contributed by atoms with Gasteiger partial charge < -0.3 is 15.2 Å². The SMILES string of the molecule is COC(=O)[C@H]1[C@H]2CCC/C=C\[C@@H](O)C3N[C@@]321. The number of carbonyl (C=O) groups is 1. The second-order valence-corrected chi connectivity index (χ2v) is 5.01. The Kier molecular flexibility index (Phi) is 2.13. The van der Waals surface area contributed by atoms with Gasteiger partial charge in [0.1, 0.15) is 0 Å².